The Morgan fingerprint density at radius 3 is 2.55 bits per heavy atom. The van der Waals surface area contributed by atoms with Gasteiger partial charge in [0.25, 0.3) is 0 Å². The quantitative estimate of drug-likeness (QED) is 0.495. The van der Waals surface area contributed by atoms with Gasteiger partial charge in [0.1, 0.15) is 0 Å². The van der Waals surface area contributed by atoms with Gasteiger partial charge in [0.2, 0.25) is 0 Å². The molecule has 4 aliphatic carbocycles. The third-order valence-electron chi connectivity index (χ3n) is 9.77. The predicted octanol–water partition coefficient (Wildman–Crippen LogP) is 7.40. The summed E-state index contributed by atoms with van der Waals surface area (Å²) in [5, 5.41) is 11.0. The molecular weight excluding hydrogens is 352 g/mol. The normalized spacial score (nSPS) is 42.4. The fraction of sp³-hybridized carbons (Fsp3) is 0.714. The molecule has 0 saturated heterocycles. The topological polar surface area (TPSA) is 20.2 Å². The Hall–Kier alpha value is -1.08. The maximum absolute atomic E-state index is 11.0. The van der Waals surface area contributed by atoms with E-state index in [0.717, 1.165) is 18.8 Å². The van der Waals surface area contributed by atoms with Gasteiger partial charge >= 0.3 is 0 Å². The predicted molar refractivity (Wildman–Crippen MR) is 124 cm³/mol. The van der Waals surface area contributed by atoms with E-state index in [4.69, 9.17) is 0 Å². The number of hydrogen-bond acceptors (Lipinski definition) is 1. The van der Waals surface area contributed by atoms with Crippen LogP contribution in [0.4, 0.5) is 0 Å². The van der Waals surface area contributed by atoms with E-state index in [1.54, 1.807) is 5.57 Å². The molecule has 0 heterocycles. The van der Waals surface area contributed by atoms with Crippen LogP contribution in [0, 0.1) is 34.5 Å². The summed E-state index contributed by atoms with van der Waals surface area (Å²) in [5.41, 5.74) is 6.44. The summed E-state index contributed by atoms with van der Waals surface area (Å²) in [7, 11) is 0. The maximum atomic E-state index is 11.0. The molecule has 0 aromatic rings. The van der Waals surface area contributed by atoms with Crippen LogP contribution in [0.1, 0.15) is 86.5 Å². The van der Waals surface area contributed by atoms with Crippen LogP contribution in [-0.2, 0) is 0 Å². The Morgan fingerprint density at radius 2 is 1.83 bits per heavy atom. The monoisotopic (exact) mass is 394 g/mol. The van der Waals surface area contributed by atoms with Crippen molar-refractivity contribution in [3.63, 3.8) is 0 Å². The van der Waals surface area contributed by atoms with Crippen molar-refractivity contribution in [1.82, 2.24) is 0 Å². The second-order valence-electron chi connectivity index (χ2n) is 11.3. The smallest absolute Gasteiger partial charge is 0.0636 e. The Kier molecular flexibility index (Phi) is 5.52. The number of aliphatic hydroxyl groups excluding tert-OH is 1. The number of hydrogen-bond donors (Lipinski definition) is 1. The van der Waals surface area contributed by atoms with Crippen LogP contribution < -0.4 is 0 Å². The summed E-state index contributed by atoms with van der Waals surface area (Å²) >= 11 is 0. The molecule has 4 aliphatic rings. The van der Waals surface area contributed by atoms with E-state index in [0.29, 0.717) is 23.2 Å². The largest absolute Gasteiger partial charge is 0.392 e. The average Bonchev–Trinajstić information content (AvgIpc) is 3.04. The second-order valence-corrected chi connectivity index (χ2v) is 11.3. The van der Waals surface area contributed by atoms with Crippen molar-refractivity contribution in [3.8, 4) is 0 Å². The molecule has 0 aromatic carbocycles. The molecule has 0 aliphatic heterocycles. The van der Waals surface area contributed by atoms with Gasteiger partial charge in [0.15, 0.2) is 0 Å². The van der Waals surface area contributed by atoms with E-state index >= 15 is 0 Å². The first-order chi connectivity index (χ1) is 13.7. The summed E-state index contributed by atoms with van der Waals surface area (Å²) in [6.07, 6.45) is 18.2. The summed E-state index contributed by atoms with van der Waals surface area (Å²) in [6, 6.07) is 0. The van der Waals surface area contributed by atoms with E-state index in [1.807, 2.05) is 0 Å². The highest BCUT2D eigenvalue weighted by molar-refractivity contribution is 5.39. The zero-order valence-corrected chi connectivity index (χ0v) is 19.6. The van der Waals surface area contributed by atoms with Crippen molar-refractivity contribution in [2.45, 2.75) is 92.6 Å². The van der Waals surface area contributed by atoms with Crippen LogP contribution in [0.15, 0.2) is 46.6 Å². The molecule has 0 aromatic heterocycles. The number of rotatable bonds is 3. The lowest BCUT2D eigenvalue weighted by atomic mass is 9.49. The van der Waals surface area contributed by atoms with Crippen LogP contribution in [0.5, 0.6) is 0 Å². The van der Waals surface area contributed by atoms with Crippen molar-refractivity contribution >= 4 is 0 Å². The van der Waals surface area contributed by atoms with Gasteiger partial charge in [-0.3, -0.25) is 0 Å². The highest BCUT2D eigenvalue weighted by Crippen LogP contribution is 2.65. The molecule has 1 nitrogen and oxygen atoms in total. The molecule has 0 bridgehead atoms. The van der Waals surface area contributed by atoms with Crippen LogP contribution >= 0.6 is 0 Å². The van der Waals surface area contributed by atoms with Crippen LogP contribution in [-0.4, -0.2) is 11.2 Å². The molecule has 29 heavy (non-hydrogen) atoms. The SMILES string of the molecule is CC(C)=C(C)C=C[C@@H](C)[C@H]1CC[C@H]2C3=CC=C4CCCC(O)[C@]4(C)[C@H]3CC[C@]12C. The summed E-state index contributed by atoms with van der Waals surface area (Å²) in [6.45, 7) is 14.0. The van der Waals surface area contributed by atoms with Crippen LogP contribution in [0.2, 0.25) is 0 Å². The van der Waals surface area contributed by atoms with Gasteiger partial charge in [-0.1, -0.05) is 67.4 Å². The third kappa shape index (κ3) is 3.23. The van der Waals surface area contributed by atoms with E-state index in [9.17, 15) is 5.11 Å². The van der Waals surface area contributed by atoms with Gasteiger partial charge in [0, 0.05) is 5.41 Å². The molecule has 7 atom stereocenters. The lowest BCUT2D eigenvalue weighted by molar-refractivity contribution is -0.0229. The van der Waals surface area contributed by atoms with Crippen molar-refractivity contribution in [2.75, 3.05) is 0 Å². The van der Waals surface area contributed by atoms with E-state index in [2.05, 4.69) is 65.8 Å². The van der Waals surface area contributed by atoms with Gasteiger partial charge in [-0.2, -0.15) is 0 Å². The summed E-state index contributed by atoms with van der Waals surface area (Å²) in [4.78, 5) is 0. The minimum Gasteiger partial charge on any atom is -0.392 e. The minimum atomic E-state index is -0.161. The molecule has 0 spiro atoms. The number of aliphatic hydroxyl groups is 1. The standard InChI is InChI=1S/C28H42O/c1-18(2)19(3)10-11-20(4)23-14-15-24-22-13-12-21-8-7-9-26(29)28(21,6)25(22)16-17-27(23,24)5/h10-13,20,23-26,29H,7-9,14-17H2,1-6H3/t20-,23-,24+,25+,26?,27-,28+/m1/s1. The Balaban J connectivity index is 1.61. The van der Waals surface area contributed by atoms with E-state index < -0.39 is 0 Å². The fourth-order valence-electron chi connectivity index (χ4n) is 7.56. The molecule has 3 fully saturated rings. The first-order valence-electron chi connectivity index (χ1n) is 12.1. The fourth-order valence-corrected chi connectivity index (χ4v) is 7.56. The highest BCUT2D eigenvalue weighted by Gasteiger charge is 2.58. The van der Waals surface area contributed by atoms with Crippen molar-refractivity contribution in [3.05, 3.63) is 46.6 Å². The van der Waals surface area contributed by atoms with Gasteiger partial charge < -0.3 is 5.11 Å². The van der Waals surface area contributed by atoms with Crippen molar-refractivity contribution in [2.24, 2.45) is 34.5 Å². The van der Waals surface area contributed by atoms with Gasteiger partial charge in [-0.15, -0.1) is 0 Å². The third-order valence-corrected chi connectivity index (χ3v) is 9.77. The lowest BCUT2D eigenvalue weighted by Gasteiger charge is -2.56. The van der Waals surface area contributed by atoms with Crippen molar-refractivity contribution in [1.29, 1.82) is 0 Å². The van der Waals surface area contributed by atoms with Gasteiger partial charge in [0.05, 0.1) is 6.10 Å². The summed E-state index contributed by atoms with van der Waals surface area (Å²) in [5.74, 6) is 2.66. The molecule has 3 saturated carbocycles. The van der Waals surface area contributed by atoms with Crippen LogP contribution in [0.25, 0.3) is 0 Å². The molecular formula is C28H42O. The Morgan fingerprint density at radius 1 is 1.07 bits per heavy atom. The van der Waals surface area contributed by atoms with E-state index in [-0.39, 0.29) is 11.5 Å². The zero-order valence-electron chi connectivity index (χ0n) is 19.6. The number of fused-ring (bicyclic) bond motifs is 5. The first kappa shape index (κ1) is 21.2. The maximum Gasteiger partial charge on any atom is 0.0636 e. The molecule has 160 valence electrons. The zero-order chi connectivity index (χ0) is 21.0. The molecule has 1 unspecified atom stereocenters. The Bertz CT molecular complexity index is 776. The van der Waals surface area contributed by atoms with Crippen molar-refractivity contribution < 1.29 is 5.11 Å². The minimum absolute atomic E-state index is 0.00612. The average molecular weight is 395 g/mol. The highest BCUT2D eigenvalue weighted by atomic mass is 16.3. The Labute approximate surface area is 179 Å². The molecule has 0 amide bonds. The van der Waals surface area contributed by atoms with Gasteiger partial charge in [-0.25, -0.2) is 0 Å². The molecule has 1 heteroatoms. The molecule has 0 radical (unpaired) electrons. The first-order valence-corrected chi connectivity index (χ1v) is 12.1. The molecule has 1 N–H and O–H groups in total. The molecule has 4 rings (SSSR count). The second kappa shape index (κ2) is 7.56. The van der Waals surface area contributed by atoms with E-state index in [1.165, 1.54) is 48.8 Å². The van der Waals surface area contributed by atoms with Gasteiger partial charge in [-0.05, 0) is 94.8 Å². The van der Waals surface area contributed by atoms with Crippen LogP contribution in [0.3, 0.4) is 0 Å². The lowest BCUT2D eigenvalue weighted by Crippen LogP contribution is -2.50. The number of allylic oxidation sites excluding steroid dienone is 7. The summed E-state index contributed by atoms with van der Waals surface area (Å²) < 4.78 is 0.